The van der Waals surface area contributed by atoms with Crippen LogP contribution in [0, 0.1) is 0 Å². The minimum Gasteiger partial charge on any atom is -0.493 e. The van der Waals surface area contributed by atoms with Gasteiger partial charge in [0.25, 0.3) is 5.91 Å². The number of esters is 2. The second-order valence-electron chi connectivity index (χ2n) is 7.14. The van der Waals surface area contributed by atoms with E-state index >= 15 is 0 Å². The number of nitrogens with zero attached hydrogens (tertiary/aromatic N) is 3. The van der Waals surface area contributed by atoms with Crippen molar-refractivity contribution in [1.29, 1.82) is 0 Å². The summed E-state index contributed by atoms with van der Waals surface area (Å²) in [7, 11) is 2.74. The topological polar surface area (TPSA) is 108 Å². The van der Waals surface area contributed by atoms with Crippen molar-refractivity contribution in [3.05, 3.63) is 47.7 Å². The van der Waals surface area contributed by atoms with E-state index in [1.807, 2.05) is 0 Å². The second kappa shape index (κ2) is 11.2. The fourth-order valence-electron chi connectivity index (χ4n) is 3.34. The van der Waals surface area contributed by atoms with E-state index in [1.54, 1.807) is 42.2 Å². The molecule has 176 valence electrons. The van der Waals surface area contributed by atoms with Crippen LogP contribution in [0.4, 0.5) is 5.82 Å². The first-order valence-corrected chi connectivity index (χ1v) is 10.5. The molecule has 33 heavy (non-hydrogen) atoms. The largest absolute Gasteiger partial charge is 0.493 e. The van der Waals surface area contributed by atoms with E-state index in [0.717, 1.165) is 5.82 Å². The van der Waals surface area contributed by atoms with Crippen molar-refractivity contribution in [2.24, 2.45) is 0 Å². The average Bonchev–Trinajstić information content (AvgIpc) is 2.87. The van der Waals surface area contributed by atoms with Crippen molar-refractivity contribution in [3.63, 3.8) is 0 Å². The lowest BCUT2D eigenvalue weighted by molar-refractivity contribution is -0.142. The zero-order valence-electron chi connectivity index (χ0n) is 18.9. The molecular formula is C23H27N3O7. The van der Waals surface area contributed by atoms with Crippen molar-refractivity contribution < 1.29 is 33.3 Å². The molecule has 1 aromatic heterocycles. The number of anilines is 1. The van der Waals surface area contributed by atoms with Crippen molar-refractivity contribution >= 4 is 23.7 Å². The molecule has 1 aromatic carbocycles. The minimum atomic E-state index is -0.514. The van der Waals surface area contributed by atoms with Crippen LogP contribution in [0.2, 0.25) is 0 Å². The van der Waals surface area contributed by atoms with Crippen LogP contribution < -0.4 is 14.4 Å². The van der Waals surface area contributed by atoms with Crippen LogP contribution in [0.5, 0.6) is 11.5 Å². The van der Waals surface area contributed by atoms with Crippen LogP contribution in [-0.4, -0.2) is 81.3 Å². The number of hydrogen-bond donors (Lipinski definition) is 0. The fourth-order valence-corrected chi connectivity index (χ4v) is 3.34. The molecule has 1 saturated heterocycles. The van der Waals surface area contributed by atoms with Crippen molar-refractivity contribution in [2.45, 2.75) is 6.92 Å². The number of piperazine rings is 1. The number of carbonyl (C=O) groups excluding carboxylic acids is 3. The molecule has 0 N–H and O–H groups in total. The summed E-state index contributed by atoms with van der Waals surface area (Å²) in [6, 6.07) is 8.30. The Kier molecular flexibility index (Phi) is 8.06. The lowest BCUT2D eigenvalue weighted by Gasteiger charge is -2.35. The van der Waals surface area contributed by atoms with Gasteiger partial charge in [0.05, 0.1) is 26.4 Å². The normalized spacial score (nSPS) is 13.3. The van der Waals surface area contributed by atoms with Crippen LogP contribution in [-0.2, 0) is 14.3 Å². The molecule has 2 aromatic rings. The Hall–Kier alpha value is -3.82. The van der Waals surface area contributed by atoms with E-state index < -0.39 is 11.9 Å². The molecule has 10 nitrogen and oxygen atoms in total. The van der Waals surface area contributed by atoms with E-state index in [1.165, 1.54) is 20.4 Å². The predicted octanol–water partition coefficient (Wildman–Crippen LogP) is 1.78. The lowest BCUT2D eigenvalue weighted by Crippen LogP contribution is -2.49. The molecule has 1 fully saturated rings. The Balaban J connectivity index is 1.59. The summed E-state index contributed by atoms with van der Waals surface area (Å²) in [5, 5.41) is 0. The third-order valence-corrected chi connectivity index (χ3v) is 5.13. The summed E-state index contributed by atoms with van der Waals surface area (Å²) in [5.41, 5.74) is 0.866. The van der Waals surface area contributed by atoms with Gasteiger partial charge in [0.15, 0.2) is 18.1 Å². The molecule has 0 unspecified atom stereocenters. The number of benzene rings is 1. The number of ether oxygens (including phenoxy) is 4. The van der Waals surface area contributed by atoms with Gasteiger partial charge in [0.1, 0.15) is 5.82 Å². The predicted molar refractivity (Wildman–Crippen MR) is 119 cm³/mol. The number of amides is 1. The Labute approximate surface area is 192 Å². The third kappa shape index (κ3) is 5.91. The van der Waals surface area contributed by atoms with Gasteiger partial charge in [-0.25, -0.2) is 14.6 Å². The van der Waals surface area contributed by atoms with Crippen molar-refractivity contribution in [3.8, 4) is 11.5 Å². The molecule has 0 bridgehead atoms. The highest BCUT2D eigenvalue weighted by atomic mass is 16.6. The summed E-state index contributed by atoms with van der Waals surface area (Å²) in [4.78, 5) is 44.2. The number of aromatic nitrogens is 1. The number of methoxy groups -OCH3 is 2. The SMILES string of the molecule is CCOC(=O)c1ccc(N2CCN(C(=O)c3ccc(OCC(=O)OC)c(OC)c3)CC2)nc1. The van der Waals surface area contributed by atoms with E-state index in [4.69, 9.17) is 14.2 Å². The first-order chi connectivity index (χ1) is 16.0. The van der Waals surface area contributed by atoms with Gasteiger partial charge < -0.3 is 28.7 Å². The van der Waals surface area contributed by atoms with Gasteiger partial charge >= 0.3 is 11.9 Å². The van der Waals surface area contributed by atoms with Crippen LogP contribution >= 0.6 is 0 Å². The molecule has 0 aliphatic carbocycles. The van der Waals surface area contributed by atoms with E-state index in [-0.39, 0.29) is 12.5 Å². The molecule has 0 saturated carbocycles. The molecule has 1 aliphatic heterocycles. The Morgan fingerprint density at radius 2 is 1.70 bits per heavy atom. The van der Waals surface area contributed by atoms with Gasteiger partial charge in [-0.3, -0.25) is 4.79 Å². The standard InChI is InChI=1S/C23H27N3O7/c1-4-32-23(29)17-6-8-20(24-14-17)25-9-11-26(12-10-25)22(28)16-5-7-18(19(13-16)30-2)33-15-21(27)31-3/h5-8,13-14H,4,9-12,15H2,1-3H3. The maximum atomic E-state index is 13.0. The molecule has 0 radical (unpaired) electrons. The summed E-state index contributed by atoms with van der Waals surface area (Å²) in [5.74, 6) is 0.405. The van der Waals surface area contributed by atoms with Gasteiger partial charge in [-0.15, -0.1) is 0 Å². The number of rotatable bonds is 8. The molecule has 10 heteroatoms. The summed E-state index contributed by atoms with van der Waals surface area (Å²) in [6.07, 6.45) is 1.50. The highest BCUT2D eigenvalue weighted by molar-refractivity contribution is 5.95. The zero-order valence-corrected chi connectivity index (χ0v) is 18.9. The second-order valence-corrected chi connectivity index (χ2v) is 7.14. The monoisotopic (exact) mass is 457 g/mol. The first-order valence-electron chi connectivity index (χ1n) is 10.5. The highest BCUT2D eigenvalue weighted by Crippen LogP contribution is 2.29. The first kappa shape index (κ1) is 23.8. The van der Waals surface area contributed by atoms with Gasteiger partial charge in [0.2, 0.25) is 0 Å². The van der Waals surface area contributed by atoms with Gasteiger partial charge in [-0.05, 0) is 37.3 Å². The van der Waals surface area contributed by atoms with Crippen LogP contribution in [0.3, 0.4) is 0 Å². The fraction of sp³-hybridized carbons (Fsp3) is 0.391. The smallest absolute Gasteiger partial charge is 0.343 e. The molecule has 3 rings (SSSR count). The van der Waals surface area contributed by atoms with E-state index in [0.29, 0.717) is 55.4 Å². The van der Waals surface area contributed by atoms with Crippen molar-refractivity contribution in [2.75, 3.05) is 58.5 Å². The number of pyridine rings is 1. The maximum absolute atomic E-state index is 13.0. The van der Waals surface area contributed by atoms with E-state index in [2.05, 4.69) is 14.6 Å². The molecule has 1 aliphatic rings. The number of hydrogen-bond acceptors (Lipinski definition) is 9. The van der Waals surface area contributed by atoms with Crippen LogP contribution in [0.25, 0.3) is 0 Å². The summed E-state index contributed by atoms with van der Waals surface area (Å²) < 4.78 is 20.2. The van der Waals surface area contributed by atoms with Gasteiger partial charge in [-0.1, -0.05) is 0 Å². The maximum Gasteiger partial charge on any atom is 0.343 e. The molecule has 0 spiro atoms. The van der Waals surface area contributed by atoms with Gasteiger partial charge in [-0.2, -0.15) is 0 Å². The highest BCUT2D eigenvalue weighted by Gasteiger charge is 2.24. The van der Waals surface area contributed by atoms with Crippen LogP contribution in [0.15, 0.2) is 36.5 Å². The molecule has 2 heterocycles. The quantitative estimate of drug-likeness (QED) is 0.548. The van der Waals surface area contributed by atoms with E-state index in [9.17, 15) is 14.4 Å². The van der Waals surface area contributed by atoms with Gasteiger partial charge in [0, 0.05) is 37.9 Å². The third-order valence-electron chi connectivity index (χ3n) is 5.13. The minimum absolute atomic E-state index is 0.127. The Bertz CT molecular complexity index is 986. The lowest BCUT2D eigenvalue weighted by atomic mass is 10.1. The molecule has 1 amide bonds. The Morgan fingerprint density at radius 3 is 2.30 bits per heavy atom. The molecular weight excluding hydrogens is 430 g/mol. The summed E-state index contributed by atoms with van der Waals surface area (Å²) in [6.45, 7) is 4.06. The van der Waals surface area contributed by atoms with Crippen LogP contribution in [0.1, 0.15) is 27.6 Å². The summed E-state index contributed by atoms with van der Waals surface area (Å²) >= 11 is 0. The Morgan fingerprint density at radius 1 is 0.970 bits per heavy atom. The zero-order chi connectivity index (χ0) is 23.8. The van der Waals surface area contributed by atoms with Crippen molar-refractivity contribution in [1.82, 2.24) is 9.88 Å². The average molecular weight is 457 g/mol. The number of carbonyl (C=O) groups is 3. The molecule has 0 atom stereocenters.